The van der Waals surface area contributed by atoms with Crippen LogP contribution in [0.3, 0.4) is 0 Å². The van der Waals surface area contributed by atoms with Crippen LogP contribution in [0.5, 0.6) is 5.75 Å². The minimum Gasteiger partial charge on any atom is -0.486 e. The maximum Gasteiger partial charge on any atom is 0.255 e. The van der Waals surface area contributed by atoms with Gasteiger partial charge in [0, 0.05) is 26.8 Å². The van der Waals surface area contributed by atoms with E-state index in [1.807, 2.05) is 37.4 Å². The summed E-state index contributed by atoms with van der Waals surface area (Å²) in [6.07, 6.45) is 0. The van der Waals surface area contributed by atoms with E-state index in [-0.39, 0.29) is 5.91 Å². The highest BCUT2D eigenvalue weighted by Crippen LogP contribution is 2.21. The Morgan fingerprint density at radius 1 is 1.20 bits per heavy atom. The van der Waals surface area contributed by atoms with Gasteiger partial charge in [0.15, 0.2) is 0 Å². The van der Waals surface area contributed by atoms with Crippen molar-refractivity contribution in [3.8, 4) is 5.75 Å². The zero-order valence-corrected chi connectivity index (χ0v) is 16.3. The first-order chi connectivity index (χ1) is 12.0. The molecule has 1 heterocycles. The van der Waals surface area contributed by atoms with Crippen LogP contribution in [-0.4, -0.2) is 10.9 Å². The minimum atomic E-state index is -0.146. The van der Waals surface area contributed by atoms with Crippen molar-refractivity contribution >= 4 is 38.9 Å². The van der Waals surface area contributed by atoms with Crippen molar-refractivity contribution in [3.05, 3.63) is 74.1 Å². The highest BCUT2D eigenvalue weighted by Gasteiger charge is 2.08. The summed E-state index contributed by atoms with van der Waals surface area (Å²) in [7, 11) is 0. The van der Waals surface area contributed by atoms with Crippen molar-refractivity contribution in [2.45, 2.75) is 20.5 Å². The van der Waals surface area contributed by atoms with Crippen LogP contribution in [0.15, 0.2) is 52.3 Å². The minimum absolute atomic E-state index is 0.146. The van der Waals surface area contributed by atoms with Gasteiger partial charge in [-0.1, -0.05) is 15.9 Å². The summed E-state index contributed by atoms with van der Waals surface area (Å²) in [5.41, 5.74) is 3.38. The second kappa shape index (κ2) is 7.80. The molecule has 0 spiro atoms. The number of rotatable bonds is 5. The Balaban J connectivity index is 1.62. The fraction of sp³-hybridized carbons (Fsp3) is 0.158. The fourth-order valence-corrected chi connectivity index (χ4v) is 3.44. The molecular weight excluding hydrogens is 400 g/mol. The van der Waals surface area contributed by atoms with Crippen LogP contribution in [-0.2, 0) is 6.61 Å². The average molecular weight is 417 g/mol. The predicted molar refractivity (Wildman–Crippen MR) is 104 cm³/mol. The molecule has 1 amide bonds. The third-order valence-corrected chi connectivity index (χ3v) is 5.02. The van der Waals surface area contributed by atoms with Gasteiger partial charge in [0.25, 0.3) is 5.91 Å². The number of carbonyl (C=O) groups is 1. The number of hydrogen-bond acceptors (Lipinski definition) is 4. The Kier molecular flexibility index (Phi) is 5.50. The number of aryl methyl sites for hydroxylation is 2. The summed E-state index contributed by atoms with van der Waals surface area (Å²) >= 11 is 4.99. The lowest BCUT2D eigenvalue weighted by atomic mass is 10.1. The number of ether oxygens (including phenoxy) is 1. The number of hydrogen-bond donors (Lipinski definition) is 1. The van der Waals surface area contributed by atoms with Gasteiger partial charge >= 0.3 is 0 Å². The van der Waals surface area contributed by atoms with Crippen molar-refractivity contribution in [2.75, 3.05) is 5.32 Å². The second-order valence-corrected chi connectivity index (χ2v) is 7.47. The molecule has 2 aromatic carbocycles. The molecule has 0 aliphatic heterocycles. The van der Waals surface area contributed by atoms with E-state index in [1.165, 1.54) is 0 Å². The molecule has 0 saturated heterocycles. The number of halogens is 1. The van der Waals surface area contributed by atoms with E-state index in [4.69, 9.17) is 4.74 Å². The Bertz CT molecular complexity index is 891. The van der Waals surface area contributed by atoms with Gasteiger partial charge in [-0.05, 0) is 61.9 Å². The summed E-state index contributed by atoms with van der Waals surface area (Å²) in [6.45, 7) is 4.35. The van der Waals surface area contributed by atoms with Crippen LogP contribution in [0.2, 0.25) is 0 Å². The monoisotopic (exact) mass is 416 g/mol. The van der Waals surface area contributed by atoms with Gasteiger partial charge in [-0.25, -0.2) is 4.98 Å². The van der Waals surface area contributed by atoms with Crippen LogP contribution >= 0.6 is 27.3 Å². The van der Waals surface area contributed by atoms with Crippen LogP contribution in [0.1, 0.15) is 26.6 Å². The second-order valence-electron chi connectivity index (χ2n) is 5.61. The zero-order chi connectivity index (χ0) is 17.8. The number of nitrogens with zero attached hydrogens (tertiary/aromatic N) is 1. The summed E-state index contributed by atoms with van der Waals surface area (Å²) in [5.74, 6) is 0.566. The SMILES string of the molecule is Cc1csc(COc2ccc(C(=O)Nc3ccc(Br)cc3C)cc2)n1. The molecule has 0 aliphatic carbocycles. The normalized spacial score (nSPS) is 10.5. The van der Waals surface area contributed by atoms with Crippen LogP contribution in [0, 0.1) is 13.8 Å². The molecule has 0 aliphatic rings. The highest BCUT2D eigenvalue weighted by molar-refractivity contribution is 9.10. The van der Waals surface area contributed by atoms with Gasteiger partial charge in [-0.2, -0.15) is 0 Å². The van der Waals surface area contributed by atoms with Crippen molar-refractivity contribution < 1.29 is 9.53 Å². The molecule has 1 aromatic heterocycles. The third kappa shape index (κ3) is 4.67. The Morgan fingerprint density at radius 3 is 2.60 bits per heavy atom. The van der Waals surface area contributed by atoms with E-state index in [2.05, 4.69) is 26.2 Å². The molecule has 128 valence electrons. The predicted octanol–water partition coefficient (Wildman–Crippen LogP) is 5.35. The van der Waals surface area contributed by atoms with Crippen molar-refractivity contribution in [1.82, 2.24) is 4.98 Å². The number of benzene rings is 2. The van der Waals surface area contributed by atoms with Gasteiger partial charge in [0.2, 0.25) is 0 Å². The molecule has 0 unspecified atom stereocenters. The van der Waals surface area contributed by atoms with E-state index in [1.54, 1.807) is 35.6 Å². The van der Waals surface area contributed by atoms with Crippen LogP contribution in [0.4, 0.5) is 5.69 Å². The molecule has 0 saturated carbocycles. The molecule has 6 heteroatoms. The van der Waals surface area contributed by atoms with E-state index < -0.39 is 0 Å². The number of thiazole rings is 1. The van der Waals surface area contributed by atoms with E-state index in [9.17, 15) is 4.79 Å². The van der Waals surface area contributed by atoms with Crippen molar-refractivity contribution in [2.24, 2.45) is 0 Å². The largest absolute Gasteiger partial charge is 0.486 e. The highest BCUT2D eigenvalue weighted by atomic mass is 79.9. The first-order valence-corrected chi connectivity index (χ1v) is 9.40. The molecule has 3 aromatic rings. The van der Waals surface area contributed by atoms with Gasteiger partial charge in [-0.15, -0.1) is 11.3 Å². The van der Waals surface area contributed by atoms with Crippen molar-refractivity contribution in [3.63, 3.8) is 0 Å². The molecular formula is C19H17BrN2O2S. The zero-order valence-electron chi connectivity index (χ0n) is 13.9. The maximum absolute atomic E-state index is 12.4. The lowest BCUT2D eigenvalue weighted by Crippen LogP contribution is -2.12. The first kappa shape index (κ1) is 17.6. The van der Waals surface area contributed by atoms with E-state index >= 15 is 0 Å². The molecule has 0 radical (unpaired) electrons. The molecule has 4 nitrogen and oxygen atoms in total. The number of nitrogens with one attached hydrogen (secondary N) is 1. The van der Waals surface area contributed by atoms with Crippen LogP contribution in [0.25, 0.3) is 0 Å². The first-order valence-electron chi connectivity index (χ1n) is 7.72. The fourth-order valence-electron chi connectivity index (χ4n) is 2.28. The molecule has 1 N–H and O–H groups in total. The summed E-state index contributed by atoms with van der Waals surface area (Å²) < 4.78 is 6.69. The lowest BCUT2D eigenvalue weighted by molar-refractivity contribution is 0.102. The van der Waals surface area contributed by atoms with Crippen molar-refractivity contribution in [1.29, 1.82) is 0 Å². The standard InChI is InChI=1S/C19H17BrN2O2S/c1-12-9-15(20)5-8-17(12)22-19(23)14-3-6-16(7-4-14)24-10-18-21-13(2)11-25-18/h3-9,11H,10H2,1-2H3,(H,22,23). The quantitative estimate of drug-likeness (QED) is 0.609. The molecule has 25 heavy (non-hydrogen) atoms. The van der Waals surface area contributed by atoms with Gasteiger partial charge in [-0.3, -0.25) is 4.79 Å². The lowest BCUT2D eigenvalue weighted by Gasteiger charge is -2.09. The molecule has 0 fully saturated rings. The number of carbonyl (C=O) groups excluding carboxylic acids is 1. The number of anilines is 1. The van der Waals surface area contributed by atoms with Gasteiger partial charge in [0.05, 0.1) is 0 Å². The molecule has 0 atom stereocenters. The Morgan fingerprint density at radius 2 is 1.96 bits per heavy atom. The van der Waals surface area contributed by atoms with Gasteiger partial charge in [0.1, 0.15) is 17.4 Å². The Hall–Kier alpha value is -2.18. The average Bonchev–Trinajstić information content (AvgIpc) is 3.01. The number of aromatic nitrogens is 1. The van der Waals surface area contributed by atoms with E-state index in [0.29, 0.717) is 17.9 Å². The smallest absolute Gasteiger partial charge is 0.255 e. The summed E-state index contributed by atoms with van der Waals surface area (Å²) in [5, 5.41) is 5.86. The molecule has 3 rings (SSSR count). The van der Waals surface area contributed by atoms with Crippen LogP contribution < -0.4 is 10.1 Å². The summed E-state index contributed by atoms with van der Waals surface area (Å²) in [4.78, 5) is 16.7. The topological polar surface area (TPSA) is 51.2 Å². The maximum atomic E-state index is 12.4. The Labute approximate surface area is 159 Å². The third-order valence-electron chi connectivity index (χ3n) is 3.58. The number of amides is 1. The molecule has 0 bridgehead atoms. The summed E-state index contributed by atoms with van der Waals surface area (Å²) in [6, 6.07) is 12.9. The van der Waals surface area contributed by atoms with E-state index in [0.717, 1.165) is 26.4 Å². The van der Waals surface area contributed by atoms with Gasteiger partial charge < -0.3 is 10.1 Å².